The molecule has 6 nitrogen and oxygen atoms in total. The molecule has 0 aromatic heterocycles. The van der Waals surface area contributed by atoms with Crippen molar-refractivity contribution in [2.75, 3.05) is 12.1 Å². The van der Waals surface area contributed by atoms with Crippen molar-refractivity contribution < 1.29 is 14.3 Å². The van der Waals surface area contributed by atoms with E-state index in [9.17, 15) is 9.59 Å². The van der Waals surface area contributed by atoms with Gasteiger partial charge in [0, 0.05) is 13.0 Å². The second kappa shape index (κ2) is 6.87. The molecule has 2 aromatic carbocycles. The standard InChI is InChI=1S/C21H21N3O3/c1-14(15-8-4-3-5-9-15)23-13-16-10-6-7-11-18(16)24-19(20(23)25)12-17(22-24)21(26)27-2/h3-11,14,19H,12-13H2,1-2H3/t14-,19-/m0/s1. The van der Waals surface area contributed by atoms with Gasteiger partial charge in [-0.25, -0.2) is 4.79 Å². The number of hydrogen-bond acceptors (Lipinski definition) is 5. The fourth-order valence-electron chi connectivity index (χ4n) is 3.73. The van der Waals surface area contributed by atoms with Gasteiger partial charge in [0.25, 0.3) is 0 Å². The molecular weight excluding hydrogens is 342 g/mol. The number of nitrogens with zero attached hydrogens (tertiary/aromatic N) is 3. The Morgan fingerprint density at radius 2 is 1.85 bits per heavy atom. The molecule has 0 saturated heterocycles. The van der Waals surface area contributed by atoms with E-state index in [1.165, 1.54) is 7.11 Å². The minimum Gasteiger partial charge on any atom is -0.464 e. The molecule has 2 aliphatic heterocycles. The Balaban J connectivity index is 1.75. The first-order valence-corrected chi connectivity index (χ1v) is 8.98. The zero-order valence-electron chi connectivity index (χ0n) is 15.3. The number of benzene rings is 2. The molecule has 0 spiro atoms. The van der Waals surface area contributed by atoms with Crippen molar-refractivity contribution in [2.24, 2.45) is 5.10 Å². The van der Waals surface area contributed by atoms with Crippen LogP contribution in [-0.2, 0) is 20.9 Å². The maximum atomic E-state index is 13.4. The largest absolute Gasteiger partial charge is 0.464 e. The Labute approximate surface area is 158 Å². The van der Waals surface area contributed by atoms with Crippen molar-refractivity contribution in [1.29, 1.82) is 0 Å². The van der Waals surface area contributed by atoms with Gasteiger partial charge in [-0.3, -0.25) is 9.80 Å². The average molecular weight is 363 g/mol. The third-order valence-electron chi connectivity index (χ3n) is 5.23. The molecule has 0 N–H and O–H groups in total. The van der Waals surface area contributed by atoms with Gasteiger partial charge in [0.15, 0.2) is 0 Å². The number of anilines is 1. The Morgan fingerprint density at radius 3 is 2.59 bits per heavy atom. The van der Waals surface area contributed by atoms with Gasteiger partial charge in [-0.05, 0) is 24.1 Å². The first-order chi connectivity index (χ1) is 13.1. The van der Waals surface area contributed by atoms with E-state index in [1.54, 1.807) is 5.01 Å². The van der Waals surface area contributed by atoms with Crippen molar-refractivity contribution in [1.82, 2.24) is 4.90 Å². The van der Waals surface area contributed by atoms with Gasteiger partial charge in [-0.1, -0.05) is 48.5 Å². The molecule has 0 unspecified atom stereocenters. The second-order valence-electron chi connectivity index (χ2n) is 6.78. The lowest BCUT2D eigenvalue weighted by Gasteiger charge is -2.30. The van der Waals surface area contributed by atoms with Gasteiger partial charge < -0.3 is 9.64 Å². The van der Waals surface area contributed by atoms with Crippen LogP contribution in [0.5, 0.6) is 0 Å². The number of carbonyl (C=O) groups is 2. The number of ether oxygens (including phenoxy) is 1. The summed E-state index contributed by atoms with van der Waals surface area (Å²) in [5.41, 5.74) is 3.22. The summed E-state index contributed by atoms with van der Waals surface area (Å²) in [7, 11) is 1.33. The smallest absolute Gasteiger partial charge is 0.354 e. The number of esters is 1. The number of amides is 1. The molecule has 0 radical (unpaired) electrons. The summed E-state index contributed by atoms with van der Waals surface area (Å²) >= 11 is 0. The summed E-state index contributed by atoms with van der Waals surface area (Å²) in [6.45, 7) is 2.53. The molecule has 27 heavy (non-hydrogen) atoms. The molecule has 138 valence electrons. The molecular formula is C21H21N3O3. The van der Waals surface area contributed by atoms with Crippen molar-refractivity contribution in [2.45, 2.75) is 32.0 Å². The highest BCUT2D eigenvalue weighted by molar-refractivity contribution is 6.38. The first kappa shape index (κ1) is 17.3. The van der Waals surface area contributed by atoms with E-state index >= 15 is 0 Å². The van der Waals surface area contributed by atoms with Crippen LogP contribution >= 0.6 is 0 Å². The third-order valence-corrected chi connectivity index (χ3v) is 5.23. The predicted octanol–water partition coefficient (Wildman–Crippen LogP) is 2.90. The molecule has 2 heterocycles. The van der Waals surface area contributed by atoms with E-state index < -0.39 is 12.0 Å². The molecule has 2 aliphatic rings. The number of methoxy groups -OCH3 is 1. The SMILES string of the molecule is COC(=O)C1=NN2c3ccccc3CN([C@@H](C)c3ccccc3)C(=O)[C@@H]2C1. The normalized spacial score (nSPS) is 19.7. The maximum Gasteiger partial charge on any atom is 0.354 e. The highest BCUT2D eigenvalue weighted by atomic mass is 16.5. The summed E-state index contributed by atoms with van der Waals surface area (Å²) < 4.78 is 4.82. The van der Waals surface area contributed by atoms with E-state index in [2.05, 4.69) is 5.10 Å². The molecule has 0 saturated carbocycles. The van der Waals surface area contributed by atoms with Gasteiger partial charge in [-0.2, -0.15) is 5.10 Å². The van der Waals surface area contributed by atoms with E-state index in [0.29, 0.717) is 6.54 Å². The number of hydrazone groups is 1. The minimum absolute atomic E-state index is 0.0368. The number of para-hydroxylation sites is 1. The van der Waals surface area contributed by atoms with Crippen LogP contribution in [0.1, 0.15) is 30.5 Å². The molecule has 0 aliphatic carbocycles. The van der Waals surface area contributed by atoms with Crippen LogP contribution in [-0.4, -0.2) is 35.6 Å². The van der Waals surface area contributed by atoms with E-state index in [4.69, 9.17) is 4.74 Å². The maximum absolute atomic E-state index is 13.4. The minimum atomic E-state index is -0.533. The predicted molar refractivity (Wildman–Crippen MR) is 102 cm³/mol. The summed E-state index contributed by atoms with van der Waals surface area (Å²) in [4.78, 5) is 27.3. The van der Waals surface area contributed by atoms with Gasteiger partial charge in [-0.15, -0.1) is 0 Å². The Morgan fingerprint density at radius 1 is 1.15 bits per heavy atom. The Kier molecular flexibility index (Phi) is 4.39. The fraction of sp³-hybridized carbons (Fsp3) is 0.286. The van der Waals surface area contributed by atoms with Crippen LogP contribution < -0.4 is 5.01 Å². The highest BCUT2D eigenvalue weighted by Crippen LogP contribution is 2.36. The molecule has 2 atom stereocenters. The molecule has 2 aromatic rings. The number of carbonyl (C=O) groups excluding carboxylic acids is 2. The molecule has 6 heteroatoms. The second-order valence-corrected chi connectivity index (χ2v) is 6.78. The summed E-state index contributed by atoms with van der Waals surface area (Å²) in [5, 5.41) is 6.11. The number of fused-ring (bicyclic) bond motifs is 3. The topological polar surface area (TPSA) is 62.2 Å². The molecule has 4 rings (SSSR count). The zero-order valence-corrected chi connectivity index (χ0v) is 15.3. The van der Waals surface area contributed by atoms with Crippen molar-refractivity contribution in [3.63, 3.8) is 0 Å². The third kappa shape index (κ3) is 2.97. The quantitative estimate of drug-likeness (QED) is 0.787. The molecule has 0 fully saturated rings. The van der Waals surface area contributed by atoms with E-state index in [1.807, 2.05) is 66.4 Å². The Hall–Kier alpha value is -3.15. The van der Waals surface area contributed by atoms with Crippen LogP contribution in [0.2, 0.25) is 0 Å². The lowest BCUT2D eigenvalue weighted by molar-refractivity contribution is -0.135. The van der Waals surface area contributed by atoms with Gasteiger partial charge in [0.2, 0.25) is 5.91 Å². The van der Waals surface area contributed by atoms with Gasteiger partial charge in [0.1, 0.15) is 11.8 Å². The lowest BCUT2D eigenvalue weighted by Crippen LogP contribution is -2.43. The summed E-state index contributed by atoms with van der Waals surface area (Å²) in [5.74, 6) is -0.527. The van der Waals surface area contributed by atoms with Crippen LogP contribution in [0.25, 0.3) is 0 Å². The average Bonchev–Trinajstić information content (AvgIpc) is 3.12. The summed E-state index contributed by atoms with van der Waals surface area (Å²) in [6, 6.07) is 17.2. The Bertz CT molecular complexity index is 910. The lowest BCUT2D eigenvalue weighted by atomic mass is 10.0. The highest BCUT2D eigenvalue weighted by Gasteiger charge is 2.42. The van der Waals surface area contributed by atoms with Crippen molar-refractivity contribution >= 4 is 23.3 Å². The van der Waals surface area contributed by atoms with Crippen LogP contribution in [0.4, 0.5) is 5.69 Å². The zero-order chi connectivity index (χ0) is 19.0. The van der Waals surface area contributed by atoms with Crippen molar-refractivity contribution in [3.8, 4) is 0 Å². The van der Waals surface area contributed by atoms with E-state index in [0.717, 1.165) is 16.8 Å². The van der Waals surface area contributed by atoms with Gasteiger partial charge >= 0.3 is 5.97 Å². The van der Waals surface area contributed by atoms with Crippen LogP contribution in [0, 0.1) is 0 Å². The summed E-state index contributed by atoms with van der Waals surface area (Å²) in [6.07, 6.45) is 0.248. The van der Waals surface area contributed by atoms with Crippen LogP contribution in [0.3, 0.4) is 0 Å². The first-order valence-electron chi connectivity index (χ1n) is 8.98. The molecule has 0 bridgehead atoms. The van der Waals surface area contributed by atoms with E-state index in [-0.39, 0.29) is 24.1 Å². The monoisotopic (exact) mass is 363 g/mol. The number of hydrogen-bond donors (Lipinski definition) is 0. The number of rotatable bonds is 3. The molecule has 1 amide bonds. The van der Waals surface area contributed by atoms with Gasteiger partial charge in [0.05, 0.1) is 18.8 Å². The van der Waals surface area contributed by atoms with Crippen molar-refractivity contribution in [3.05, 3.63) is 65.7 Å². The van der Waals surface area contributed by atoms with Crippen LogP contribution in [0.15, 0.2) is 59.7 Å². The fourth-order valence-corrected chi connectivity index (χ4v) is 3.73.